The summed E-state index contributed by atoms with van der Waals surface area (Å²) in [6, 6.07) is 8.90. The van der Waals surface area contributed by atoms with Crippen molar-refractivity contribution in [2.45, 2.75) is 13.5 Å². The number of benzene rings is 1. The second-order valence-corrected chi connectivity index (χ2v) is 6.01. The first kappa shape index (κ1) is 15.4. The Morgan fingerprint density at radius 2 is 2.17 bits per heavy atom. The van der Waals surface area contributed by atoms with Crippen molar-refractivity contribution in [3.8, 4) is 0 Å². The lowest BCUT2D eigenvalue weighted by Gasteiger charge is -2.06. The Kier molecular flexibility index (Phi) is 4.25. The van der Waals surface area contributed by atoms with Crippen LogP contribution < -0.4 is 10.9 Å². The maximum Gasteiger partial charge on any atom is 0.349 e. The van der Waals surface area contributed by atoms with Gasteiger partial charge in [-0.15, -0.1) is 0 Å². The maximum atomic E-state index is 12.2. The first-order chi connectivity index (χ1) is 11.0. The van der Waals surface area contributed by atoms with Gasteiger partial charge in [-0.25, -0.2) is 4.79 Å². The first-order valence-corrected chi connectivity index (χ1v) is 7.75. The van der Waals surface area contributed by atoms with Gasteiger partial charge in [0.05, 0.1) is 4.47 Å². The molecule has 5 nitrogen and oxygen atoms in total. The second-order valence-electron chi connectivity index (χ2n) is 5.16. The summed E-state index contributed by atoms with van der Waals surface area (Å²) in [5, 5.41) is 3.40. The Labute approximate surface area is 140 Å². The van der Waals surface area contributed by atoms with Crippen molar-refractivity contribution >= 4 is 32.8 Å². The molecule has 0 spiro atoms. The lowest BCUT2D eigenvalue weighted by Crippen LogP contribution is -2.27. The molecule has 3 aromatic rings. The second kappa shape index (κ2) is 6.34. The molecule has 0 radical (unpaired) electrons. The third-order valence-electron chi connectivity index (χ3n) is 3.35. The number of nitrogens with one attached hydrogen (secondary N) is 1. The number of aryl methyl sites for hydroxylation is 1. The minimum atomic E-state index is -0.661. The third kappa shape index (κ3) is 3.32. The number of hydrogen-bond acceptors (Lipinski definition) is 4. The third-order valence-corrected chi connectivity index (χ3v) is 3.94. The fraction of sp³-hybridized carbons (Fsp3) is 0.118. The molecule has 1 amide bonds. The molecule has 0 aliphatic heterocycles. The van der Waals surface area contributed by atoms with Gasteiger partial charge in [0.25, 0.3) is 5.91 Å². The molecular weight excluding hydrogens is 360 g/mol. The van der Waals surface area contributed by atoms with Crippen molar-refractivity contribution in [2.75, 3.05) is 0 Å². The van der Waals surface area contributed by atoms with Crippen LogP contribution in [0.25, 0.3) is 11.0 Å². The standard InChI is InChI=1S/C17H13BrN2O3/c1-10-5-12-7-13(17(22)23-15(12)14(18)6-10)16(21)20-9-11-3-2-4-19-8-11/h2-8H,9H2,1H3,(H,20,21). The zero-order valence-corrected chi connectivity index (χ0v) is 13.9. The summed E-state index contributed by atoms with van der Waals surface area (Å²) in [4.78, 5) is 28.3. The highest BCUT2D eigenvalue weighted by molar-refractivity contribution is 9.10. The van der Waals surface area contributed by atoms with Gasteiger partial charge in [-0.3, -0.25) is 9.78 Å². The molecule has 0 aliphatic rings. The average Bonchev–Trinajstić information content (AvgIpc) is 2.54. The minimum Gasteiger partial charge on any atom is -0.421 e. The fourth-order valence-corrected chi connectivity index (χ4v) is 2.94. The van der Waals surface area contributed by atoms with Gasteiger partial charge in [0.1, 0.15) is 5.56 Å². The van der Waals surface area contributed by atoms with Crippen LogP contribution in [-0.4, -0.2) is 10.9 Å². The molecule has 0 aliphatic carbocycles. The van der Waals surface area contributed by atoms with Gasteiger partial charge in [0, 0.05) is 24.3 Å². The van der Waals surface area contributed by atoms with Gasteiger partial charge in [-0.1, -0.05) is 6.07 Å². The van der Waals surface area contributed by atoms with Gasteiger partial charge in [-0.2, -0.15) is 0 Å². The Bertz CT molecular complexity index is 936. The van der Waals surface area contributed by atoms with Gasteiger partial charge in [0.2, 0.25) is 0 Å². The largest absolute Gasteiger partial charge is 0.421 e. The molecule has 0 fully saturated rings. The number of rotatable bonds is 3. The Morgan fingerprint density at radius 3 is 2.91 bits per heavy atom. The lowest BCUT2D eigenvalue weighted by atomic mass is 10.1. The summed E-state index contributed by atoms with van der Waals surface area (Å²) in [5.74, 6) is -0.470. The highest BCUT2D eigenvalue weighted by Crippen LogP contribution is 2.25. The first-order valence-electron chi connectivity index (χ1n) is 6.96. The molecule has 0 unspecified atom stereocenters. The van der Waals surface area contributed by atoms with E-state index in [4.69, 9.17) is 4.42 Å². The zero-order chi connectivity index (χ0) is 16.4. The van der Waals surface area contributed by atoms with E-state index in [-0.39, 0.29) is 5.56 Å². The molecule has 23 heavy (non-hydrogen) atoms. The summed E-state index contributed by atoms with van der Waals surface area (Å²) in [6.45, 7) is 2.22. The van der Waals surface area contributed by atoms with Crippen LogP contribution >= 0.6 is 15.9 Å². The van der Waals surface area contributed by atoms with Gasteiger partial charge in [-0.05, 0) is 58.2 Å². The van der Waals surface area contributed by atoms with E-state index in [9.17, 15) is 9.59 Å². The molecule has 2 aromatic heterocycles. The average molecular weight is 373 g/mol. The Hall–Kier alpha value is -2.47. The van der Waals surface area contributed by atoms with Crippen LogP contribution in [0.4, 0.5) is 0 Å². The number of pyridine rings is 1. The summed E-state index contributed by atoms with van der Waals surface area (Å²) in [6.07, 6.45) is 3.31. The van der Waals surface area contributed by atoms with E-state index in [2.05, 4.69) is 26.2 Å². The maximum absolute atomic E-state index is 12.2. The molecule has 1 aromatic carbocycles. The number of carbonyl (C=O) groups excluding carboxylic acids is 1. The highest BCUT2D eigenvalue weighted by atomic mass is 79.9. The number of hydrogen-bond donors (Lipinski definition) is 1. The molecule has 0 bridgehead atoms. The quantitative estimate of drug-likeness (QED) is 0.716. The van der Waals surface area contributed by atoms with Crippen molar-refractivity contribution in [2.24, 2.45) is 0 Å². The zero-order valence-electron chi connectivity index (χ0n) is 12.3. The number of aromatic nitrogens is 1. The smallest absolute Gasteiger partial charge is 0.349 e. The number of halogens is 1. The minimum absolute atomic E-state index is 0.0149. The van der Waals surface area contributed by atoms with E-state index in [1.165, 1.54) is 0 Å². The lowest BCUT2D eigenvalue weighted by molar-refractivity contribution is 0.0947. The van der Waals surface area contributed by atoms with Crippen LogP contribution in [0.3, 0.4) is 0 Å². The van der Waals surface area contributed by atoms with Crippen molar-refractivity contribution in [3.63, 3.8) is 0 Å². The van der Waals surface area contributed by atoms with Crippen LogP contribution in [0.1, 0.15) is 21.5 Å². The molecular formula is C17H13BrN2O3. The van der Waals surface area contributed by atoms with Crippen LogP contribution in [0.2, 0.25) is 0 Å². The predicted octanol–water partition coefficient (Wildman–Crippen LogP) is 3.19. The predicted molar refractivity (Wildman–Crippen MR) is 90.3 cm³/mol. The van der Waals surface area contributed by atoms with E-state index in [0.29, 0.717) is 22.0 Å². The molecule has 0 saturated carbocycles. The van der Waals surface area contributed by atoms with E-state index in [1.54, 1.807) is 24.5 Å². The van der Waals surface area contributed by atoms with Crippen molar-refractivity contribution < 1.29 is 9.21 Å². The Morgan fingerprint density at radius 1 is 1.35 bits per heavy atom. The highest BCUT2D eigenvalue weighted by Gasteiger charge is 2.15. The SMILES string of the molecule is Cc1cc(Br)c2oc(=O)c(C(=O)NCc3cccnc3)cc2c1. The molecule has 6 heteroatoms. The van der Waals surface area contributed by atoms with Crippen LogP contribution in [0, 0.1) is 6.92 Å². The number of amides is 1. The van der Waals surface area contributed by atoms with Gasteiger partial charge in [0.15, 0.2) is 5.58 Å². The number of nitrogens with zero attached hydrogens (tertiary/aromatic N) is 1. The summed E-state index contributed by atoms with van der Waals surface area (Å²) < 4.78 is 5.96. The fourth-order valence-electron chi connectivity index (χ4n) is 2.27. The summed E-state index contributed by atoms with van der Waals surface area (Å²) in [7, 11) is 0. The normalized spacial score (nSPS) is 10.7. The molecule has 2 heterocycles. The van der Waals surface area contributed by atoms with Crippen molar-refractivity contribution in [1.82, 2.24) is 10.3 Å². The topological polar surface area (TPSA) is 72.2 Å². The van der Waals surface area contributed by atoms with E-state index >= 15 is 0 Å². The molecule has 0 saturated heterocycles. The molecule has 0 atom stereocenters. The molecule has 116 valence electrons. The van der Waals surface area contributed by atoms with E-state index < -0.39 is 11.5 Å². The summed E-state index contributed by atoms with van der Waals surface area (Å²) in [5.41, 5.74) is 1.61. The van der Waals surface area contributed by atoms with Crippen LogP contribution in [0.5, 0.6) is 0 Å². The molecule has 1 N–H and O–H groups in total. The van der Waals surface area contributed by atoms with Crippen LogP contribution in [0.15, 0.2) is 56.4 Å². The van der Waals surface area contributed by atoms with Crippen molar-refractivity contribution in [1.29, 1.82) is 0 Å². The summed E-state index contributed by atoms with van der Waals surface area (Å²) >= 11 is 3.36. The number of fused-ring (bicyclic) bond motifs is 1. The number of carbonyl (C=O) groups is 1. The van der Waals surface area contributed by atoms with E-state index in [1.807, 2.05) is 25.1 Å². The van der Waals surface area contributed by atoms with Crippen molar-refractivity contribution in [3.05, 3.63) is 74.3 Å². The van der Waals surface area contributed by atoms with Gasteiger partial charge >= 0.3 is 5.63 Å². The van der Waals surface area contributed by atoms with Crippen LogP contribution in [-0.2, 0) is 6.54 Å². The monoisotopic (exact) mass is 372 g/mol. The Balaban J connectivity index is 1.91. The van der Waals surface area contributed by atoms with E-state index in [0.717, 1.165) is 11.1 Å². The molecule has 3 rings (SSSR count). The van der Waals surface area contributed by atoms with Gasteiger partial charge < -0.3 is 9.73 Å².